The van der Waals surface area contributed by atoms with Crippen molar-refractivity contribution in [1.82, 2.24) is 0 Å². The van der Waals surface area contributed by atoms with Gasteiger partial charge in [0.1, 0.15) is 0 Å². The number of rotatable bonds is 2. The SMILES string of the molecule is c1ccc(CSC2=NC3(Cc4ccccc42)C2CC4CC(C2)CC3C4)cc1. The Kier molecular flexibility index (Phi) is 3.79. The van der Waals surface area contributed by atoms with Crippen LogP contribution in [0.25, 0.3) is 0 Å². The quantitative estimate of drug-likeness (QED) is 0.618. The van der Waals surface area contributed by atoms with E-state index in [2.05, 4.69) is 54.6 Å². The fourth-order valence-electron chi connectivity index (χ4n) is 6.78. The van der Waals surface area contributed by atoms with E-state index in [9.17, 15) is 0 Å². The number of hydrogen-bond donors (Lipinski definition) is 0. The van der Waals surface area contributed by atoms with E-state index in [0.717, 1.165) is 29.4 Å². The van der Waals surface area contributed by atoms with E-state index < -0.39 is 0 Å². The van der Waals surface area contributed by atoms with E-state index >= 15 is 0 Å². The lowest BCUT2D eigenvalue weighted by molar-refractivity contribution is -0.0539. The van der Waals surface area contributed by atoms with Crippen molar-refractivity contribution in [3.05, 3.63) is 71.3 Å². The van der Waals surface area contributed by atoms with E-state index in [4.69, 9.17) is 4.99 Å². The molecule has 4 aliphatic carbocycles. The van der Waals surface area contributed by atoms with Crippen LogP contribution in [0, 0.1) is 23.7 Å². The summed E-state index contributed by atoms with van der Waals surface area (Å²) in [6, 6.07) is 20.0. The highest BCUT2D eigenvalue weighted by atomic mass is 32.2. The highest BCUT2D eigenvalue weighted by Crippen LogP contribution is 2.61. The van der Waals surface area contributed by atoms with Crippen LogP contribution in [0.2, 0.25) is 0 Å². The van der Waals surface area contributed by atoms with Crippen molar-refractivity contribution in [3.8, 4) is 0 Å². The Bertz CT molecular complexity index is 856. The minimum atomic E-state index is 0.209. The van der Waals surface area contributed by atoms with Gasteiger partial charge in [-0.1, -0.05) is 54.6 Å². The molecule has 27 heavy (non-hydrogen) atoms. The van der Waals surface area contributed by atoms with Crippen LogP contribution in [-0.4, -0.2) is 10.6 Å². The van der Waals surface area contributed by atoms with Crippen molar-refractivity contribution in [2.24, 2.45) is 28.7 Å². The van der Waals surface area contributed by atoms with Crippen LogP contribution in [0.5, 0.6) is 0 Å². The number of fused-ring (bicyclic) bond motifs is 1. The number of thioether (sulfide) groups is 1. The molecule has 5 aliphatic rings. The van der Waals surface area contributed by atoms with E-state index in [1.165, 1.54) is 54.7 Å². The maximum absolute atomic E-state index is 5.65. The zero-order valence-electron chi connectivity index (χ0n) is 15.8. The molecular formula is C25H27NS. The molecule has 0 amide bonds. The third-order valence-electron chi connectivity index (χ3n) is 7.80. The van der Waals surface area contributed by atoms with Crippen LogP contribution in [-0.2, 0) is 12.2 Å². The first-order chi connectivity index (χ1) is 13.3. The van der Waals surface area contributed by atoms with Gasteiger partial charge >= 0.3 is 0 Å². The summed E-state index contributed by atoms with van der Waals surface area (Å²) in [4.78, 5) is 5.65. The Hall–Kier alpha value is -1.54. The summed E-state index contributed by atoms with van der Waals surface area (Å²) in [6.45, 7) is 0. The summed E-state index contributed by atoms with van der Waals surface area (Å²) in [5.74, 6) is 4.69. The number of benzene rings is 2. The standard InChI is InChI=1S/C25H27NS/c1-2-6-17(7-3-1)16-27-24-23-9-5-4-8-20(23)15-25(26-24)21-11-18-10-19(13-21)14-22(25)12-18/h1-9,18-19,21-22H,10-16H2. The van der Waals surface area contributed by atoms with E-state index in [-0.39, 0.29) is 5.54 Å². The molecule has 0 aromatic heterocycles. The fourth-order valence-corrected chi connectivity index (χ4v) is 7.87. The molecule has 4 fully saturated rings. The van der Waals surface area contributed by atoms with Crippen LogP contribution >= 0.6 is 11.8 Å². The first-order valence-corrected chi connectivity index (χ1v) is 11.6. The monoisotopic (exact) mass is 373 g/mol. The second-order valence-corrected chi connectivity index (χ2v) is 10.3. The van der Waals surface area contributed by atoms with Crippen LogP contribution in [0.4, 0.5) is 0 Å². The predicted octanol–water partition coefficient (Wildman–Crippen LogP) is 6.12. The first-order valence-electron chi connectivity index (χ1n) is 10.6. The highest BCUT2D eigenvalue weighted by molar-refractivity contribution is 8.13. The normalized spacial score (nSPS) is 35.9. The Labute approximate surface area is 166 Å². The van der Waals surface area contributed by atoms with E-state index in [1.54, 1.807) is 5.56 Å². The minimum absolute atomic E-state index is 0.209. The van der Waals surface area contributed by atoms with Crippen LogP contribution in [0.15, 0.2) is 59.6 Å². The zero-order chi connectivity index (χ0) is 17.8. The molecule has 2 aromatic rings. The van der Waals surface area contributed by atoms with Gasteiger partial charge in [0.15, 0.2) is 0 Å². The summed E-state index contributed by atoms with van der Waals surface area (Å²) in [7, 11) is 0. The van der Waals surface area contributed by atoms with E-state index in [1.807, 2.05) is 11.8 Å². The lowest BCUT2D eigenvalue weighted by atomic mass is 9.47. The maximum atomic E-state index is 5.65. The summed E-state index contributed by atoms with van der Waals surface area (Å²) in [5.41, 5.74) is 4.56. The van der Waals surface area contributed by atoms with Gasteiger partial charge in [0.05, 0.1) is 10.6 Å². The van der Waals surface area contributed by atoms with Crippen molar-refractivity contribution in [1.29, 1.82) is 0 Å². The molecule has 4 bridgehead atoms. The fraction of sp³-hybridized carbons (Fsp3) is 0.480. The molecule has 0 saturated heterocycles. The average molecular weight is 374 g/mol. The molecular weight excluding hydrogens is 346 g/mol. The zero-order valence-corrected chi connectivity index (χ0v) is 16.6. The molecule has 0 atom stereocenters. The molecule has 4 saturated carbocycles. The van der Waals surface area contributed by atoms with Crippen molar-refractivity contribution in [3.63, 3.8) is 0 Å². The second-order valence-electron chi connectivity index (χ2n) is 9.32. The molecule has 7 rings (SSSR count). The predicted molar refractivity (Wildman–Crippen MR) is 114 cm³/mol. The highest BCUT2D eigenvalue weighted by Gasteiger charge is 2.58. The molecule has 1 nitrogen and oxygen atoms in total. The van der Waals surface area contributed by atoms with Gasteiger partial charge in [-0.15, -0.1) is 11.8 Å². The molecule has 0 radical (unpaired) electrons. The van der Waals surface area contributed by atoms with Gasteiger partial charge in [-0.25, -0.2) is 0 Å². The van der Waals surface area contributed by atoms with Gasteiger partial charge in [-0.3, -0.25) is 4.99 Å². The molecule has 0 N–H and O–H groups in total. The molecule has 1 aliphatic heterocycles. The lowest BCUT2D eigenvalue weighted by Crippen LogP contribution is -2.58. The molecule has 2 aromatic carbocycles. The van der Waals surface area contributed by atoms with Gasteiger partial charge in [0.2, 0.25) is 0 Å². The topological polar surface area (TPSA) is 12.4 Å². The Morgan fingerprint density at radius 3 is 2.22 bits per heavy atom. The number of aliphatic imine (C=N–C) groups is 1. The number of nitrogens with zero attached hydrogens (tertiary/aromatic N) is 1. The first kappa shape index (κ1) is 16.4. The molecule has 1 spiro atoms. The summed E-state index contributed by atoms with van der Waals surface area (Å²) in [5, 5.41) is 1.31. The third kappa shape index (κ3) is 2.63. The summed E-state index contributed by atoms with van der Waals surface area (Å²) in [6.07, 6.45) is 8.46. The van der Waals surface area contributed by atoms with Gasteiger partial charge in [-0.05, 0) is 73.3 Å². The van der Waals surface area contributed by atoms with Gasteiger partial charge < -0.3 is 0 Å². The number of hydrogen-bond acceptors (Lipinski definition) is 2. The third-order valence-corrected chi connectivity index (χ3v) is 8.86. The van der Waals surface area contributed by atoms with Gasteiger partial charge in [0.25, 0.3) is 0 Å². The van der Waals surface area contributed by atoms with Gasteiger partial charge in [-0.2, -0.15) is 0 Å². The molecule has 138 valence electrons. The molecule has 2 heteroatoms. The van der Waals surface area contributed by atoms with Crippen LogP contribution in [0.3, 0.4) is 0 Å². The maximum Gasteiger partial charge on any atom is 0.0990 e. The molecule has 1 heterocycles. The average Bonchev–Trinajstić information content (AvgIpc) is 2.70. The summed E-state index contributed by atoms with van der Waals surface area (Å²) < 4.78 is 0. The lowest BCUT2D eigenvalue weighted by Gasteiger charge is -2.60. The van der Waals surface area contributed by atoms with E-state index in [0.29, 0.717) is 0 Å². The Balaban J connectivity index is 1.38. The van der Waals surface area contributed by atoms with Gasteiger partial charge in [0, 0.05) is 11.3 Å². The minimum Gasteiger partial charge on any atom is -0.270 e. The van der Waals surface area contributed by atoms with Crippen LogP contribution in [0.1, 0.15) is 48.8 Å². The van der Waals surface area contributed by atoms with Crippen LogP contribution < -0.4 is 0 Å². The van der Waals surface area contributed by atoms with Crippen molar-refractivity contribution >= 4 is 16.8 Å². The Morgan fingerprint density at radius 2 is 1.48 bits per heavy atom. The molecule has 0 unspecified atom stereocenters. The largest absolute Gasteiger partial charge is 0.270 e. The smallest absolute Gasteiger partial charge is 0.0990 e. The van der Waals surface area contributed by atoms with Crippen molar-refractivity contribution in [2.45, 2.75) is 49.8 Å². The van der Waals surface area contributed by atoms with Crippen molar-refractivity contribution < 1.29 is 0 Å². The summed E-state index contributed by atoms with van der Waals surface area (Å²) >= 11 is 1.96. The Morgan fingerprint density at radius 1 is 0.815 bits per heavy atom. The van der Waals surface area contributed by atoms with Crippen molar-refractivity contribution in [2.75, 3.05) is 0 Å². The second kappa shape index (κ2) is 6.24.